The first-order chi connectivity index (χ1) is 14.5. The van der Waals surface area contributed by atoms with Crippen LogP contribution in [0.4, 0.5) is 5.69 Å². The molecule has 0 fully saturated rings. The maximum atomic E-state index is 12.8. The summed E-state index contributed by atoms with van der Waals surface area (Å²) in [5.74, 6) is 0.301. The number of amides is 2. The predicted molar refractivity (Wildman–Crippen MR) is 122 cm³/mol. The first-order valence-electron chi connectivity index (χ1n) is 9.50. The van der Waals surface area contributed by atoms with Crippen molar-refractivity contribution in [2.45, 2.75) is 26.2 Å². The molecule has 2 aromatic heterocycles. The normalized spacial score (nSPS) is 14.3. The van der Waals surface area contributed by atoms with Crippen molar-refractivity contribution in [3.8, 4) is 0 Å². The Kier molecular flexibility index (Phi) is 5.93. The molecule has 0 bridgehead atoms. The van der Waals surface area contributed by atoms with Gasteiger partial charge in [-0.3, -0.25) is 14.6 Å². The number of benzene rings is 1. The van der Waals surface area contributed by atoms with E-state index in [2.05, 4.69) is 43.4 Å². The number of hydrogen-bond acceptors (Lipinski definition) is 5. The van der Waals surface area contributed by atoms with E-state index >= 15 is 0 Å². The molecule has 0 saturated heterocycles. The van der Waals surface area contributed by atoms with Crippen LogP contribution in [0, 0.1) is 10.5 Å². The highest BCUT2D eigenvalue weighted by molar-refractivity contribution is 14.1. The Hall–Kier alpha value is -3.01. The Morgan fingerprint density at radius 3 is 2.63 bits per heavy atom. The molecule has 1 aliphatic carbocycles. The fourth-order valence-corrected chi connectivity index (χ4v) is 3.75. The van der Waals surface area contributed by atoms with Gasteiger partial charge in [0.05, 0.1) is 5.71 Å². The van der Waals surface area contributed by atoms with Crippen LogP contribution >= 0.6 is 22.6 Å². The van der Waals surface area contributed by atoms with Gasteiger partial charge in [0.15, 0.2) is 5.76 Å². The lowest BCUT2D eigenvalue weighted by Gasteiger charge is -2.13. The number of anilines is 1. The van der Waals surface area contributed by atoms with Gasteiger partial charge in [0.1, 0.15) is 11.5 Å². The fourth-order valence-electron chi connectivity index (χ4n) is 3.39. The maximum Gasteiger partial charge on any atom is 0.291 e. The van der Waals surface area contributed by atoms with Gasteiger partial charge in [0.2, 0.25) is 0 Å². The van der Waals surface area contributed by atoms with E-state index in [1.54, 1.807) is 24.4 Å². The van der Waals surface area contributed by atoms with Crippen LogP contribution in [0.5, 0.6) is 0 Å². The number of nitrogens with one attached hydrogen (secondary N) is 2. The zero-order chi connectivity index (χ0) is 21.1. The first kappa shape index (κ1) is 20.3. The van der Waals surface area contributed by atoms with Gasteiger partial charge in [-0.25, -0.2) is 5.43 Å². The van der Waals surface area contributed by atoms with Crippen LogP contribution in [0.15, 0.2) is 58.2 Å². The molecule has 0 unspecified atom stereocenters. The minimum Gasteiger partial charge on any atom is -0.455 e. The van der Waals surface area contributed by atoms with Gasteiger partial charge in [-0.05, 0) is 78.8 Å². The van der Waals surface area contributed by atoms with Crippen LogP contribution in [0.3, 0.4) is 0 Å². The van der Waals surface area contributed by atoms with Crippen LogP contribution in [0.25, 0.3) is 0 Å². The number of fused-ring (bicyclic) bond motifs is 1. The number of carbonyl (C=O) groups is 2. The topological polar surface area (TPSA) is 96.6 Å². The van der Waals surface area contributed by atoms with E-state index in [0.717, 1.165) is 33.3 Å². The highest BCUT2D eigenvalue weighted by Gasteiger charge is 2.28. The Balaban J connectivity index is 1.56. The van der Waals surface area contributed by atoms with Gasteiger partial charge in [-0.2, -0.15) is 5.10 Å². The maximum absolute atomic E-state index is 12.8. The predicted octanol–water partition coefficient (Wildman–Crippen LogP) is 4.31. The number of hydrazone groups is 1. The summed E-state index contributed by atoms with van der Waals surface area (Å²) >= 11 is 2.21. The number of pyridine rings is 1. The zero-order valence-corrected chi connectivity index (χ0v) is 18.4. The highest BCUT2D eigenvalue weighted by Crippen LogP contribution is 2.30. The van der Waals surface area contributed by atoms with Crippen LogP contribution in [0.1, 0.15) is 50.8 Å². The molecule has 152 valence electrons. The van der Waals surface area contributed by atoms with Crippen molar-refractivity contribution in [2.75, 3.05) is 5.32 Å². The Labute approximate surface area is 187 Å². The molecule has 2 N–H and O–H groups in total. The lowest BCUT2D eigenvalue weighted by molar-refractivity contribution is 0.0948. The monoisotopic (exact) mass is 514 g/mol. The molecule has 0 atom stereocenters. The van der Waals surface area contributed by atoms with Crippen LogP contribution in [0.2, 0.25) is 0 Å². The minimum absolute atomic E-state index is 0.268. The number of aromatic nitrogens is 1. The van der Waals surface area contributed by atoms with Crippen LogP contribution < -0.4 is 10.7 Å². The Morgan fingerprint density at radius 2 is 1.90 bits per heavy atom. The van der Waals surface area contributed by atoms with Crippen molar-refractivity contribution >= 4 is 45.8 Å². The van der Waals surface area contributed by atoms with Crippen molar-refractivity contribution in [1.29, 1.82) is 0 Å². The van der Waals surface area contributed by atoms with Gasteiger partial charge in [-0.15, -0.1) is 0 Å². The summed E-state index contributed by atoms with van der Waals surface area (Å²) in [6.07, 6.45) is 3.80. The molecule has 2 amide bonds. The van der Waals surface area contributed by atoms with Gasteiger partial charge in [-0.1, -0.05) is 6.07 Å². The molecule has 8 heteroatoms. The van der Waals surface area contributed by atoms with Crippen molar-refractivity contribution in [1.82, 2.24) is 10.4 Å². The molecule has 0 radical (unpaired) electrons. The molecule has 30 heavy (non-hydrogen) atoms. The third-order valence-corrected chi connectivity index (χ3v) is 5.54. The quantitative estimate of drug-likeness (QED) is 0.401. The number of rotatable bonds is 4. The summed E-state index contributed by atoms with van der Waals surface area (Å²) in [5, 5.41) is 7.18. The standard InChI is InChI=1S/C22H19IN4O3/c1-13-19-16(26-27-21(28)17-5-2-3-12-24-17)6-4-7-18(19)30-20(13)22(29)25-15-10-8-14(23)9-11-15/h2-3,5,8-12H,4,6-7H2,1H3,(H,25,29)(H,27,28)/b26-16+. The number of hydrogen-bond donors (Lipinski definition) is 2. The lowest BCUT2D eigenvalue weighted by Crippen LogP contribution is -2.22. The van der Waals surface area contributed by atoms with E-state index < -0.39 is 0 Å². The second kappa shape index (κ2) is 8.78. The SMILES string of the molecule is Cc1c(C(=O)Nc2ccc(I)cc2)oc2c1/C(=N/NC(=O)c1ccccn1)CCC2. The van der Waals surface area contributed by atoms with E-state index in [1.165, 1.54) is 0 Å². The second-order valence-electron chi connectivity index (χ2n) is 6.88. The summed E-state index contributed by atoms with van der Waals surface area (Å²) < 4.78 is 6.98. The average Bonchev–Trinajstić information content (AvgIpc) is 3.11. The number of furan rings is 1. The van der Waals surface area contributed by atoms with E-state index in [4.69, 9.17) is 4.42 Å². The van der Waals surface area contributed by atoms with Crippen molar-refractivity contribution < 1.29 is 14.0 Å². The first-order valence-corrected chi connectivity index (χ1v) is 10.6. The third-order valence-electron chi connectivity index (χ3n) is 4.82. The van der Waals surface area contributed by atoms with Gasteiger partial charge in [0, 0.05) is 33.0 Å². The van der Waals surface area contributed by atoms with Crippen molar-refractivity contribution in [2.24, 2.45) is 5.10 Å². The van der Waals surface area contributed by atoms with Gasteiger partial charge >= 0.3 is 0 Å². The molecule has 1 aliphatic rings. The molecular formula is C22H19IN4O3. The van der Waals surface area contributed by atoms with Crippen molar-refractivity contribution in [3.63, 3.8) is 0 Å². The summed E-state index contributed by atoms with van der Waals surface area (Å²) in [6.45, 7) is 1.84. The molecule has 7 nitrogen and oxygen atoms in total. The molecule has 0 aliphatic heterocycles. The van der Waals surface area contributed by atoms with Gasteiger partial charge in [0.25, 0.3) is 11.8 Å². The second-order valence-corrected chi connectivity index (χ2v) is 8.13. The molecule has 3 aromatic rings. The van der Waals surface area contributed by atoms with E-state index in [0.29, 0.717) is 23.5 Å². The van der Waals surface area contributed by atoms with Crippen LogP contribution in [-0.4, -0.2) is 22.5 Å². The largest absolute Gasteiger partial charge is 0.455 e. The summed E-state index contributed by atoms with van der Waals surface area (Å²) in [5.41, 5.74) is 5.78. The molecule has 2 heterocycles. The molecule has 0 saturated carbocycles. The van der Waals surface area contributed by atoms with E-state index in [1.807, 2.05) is 31.2 Å². The lowest BCUT2D eigenvalue weighted by atomic mass is 9.93. The van der Waals surface area contributed by atoms with Crippen molar-refractivity contribution in [3.05, 3.63) is 80.6 Å². The number of nitrogens with zero attached hydrogens (tertiary/aromatic N) is 2. The van der Waals surface area contributed by atoms with Crippen LogP contribution in [-0.2, 0) is 6.42 Å². The third kappa shape index (κ3) is 4.28. The summed E-state index contributed by atoms with van der Waals surface area (Å²) in [7, 11) is 0. The molecule has 4 rings (SSSR count). The van der Waals surface area contributed by atoms with Gasteiger partial charge < -0.3 is 9.73 Å². The number of aryl methyl sites for hydroxylation is 1. The Morgan fingerprint density at radius 1 is 1.10 bits per heavy atom. The molecular weight excluding hydrogens is 495 g/mol. The Bertz CT molecular complexity index is 1120. The zero-order valence-electron chi connectivity index (χ0n) is 16.2. The molecule has 1 aromatic carbocycles. The summed E-state index contributed by atoms with van der Waals surface area (Å²) in [4.78, 5) is 29.1. The smallest absolute Gasteiger partial charge is 0.291 e. The average molecular weight is 514 g/mol. The minimum atomic E-state index is -0.381. The van der Waals surface area contributed by atoms with E-state index in [-0.39, 0.29) is 17.6 Å². The summed E-state index contributed by atoms with van der Waals surface area (Å²) in [6, 6.07) is 12.6. The molecule has 0 spiro atoms. The number of halogens is 1. The highest BCUT2D eigenvalue weighted by atomic mass is 127. The fraction of sp³-hybridized carbons (Fsp3) is 0.182. The number of carbonyl (C=O) groups excluding carboxylic acids is 2. The van der Waals surface area contributed by atoms with E-state index in [9.17, 15) is 9.59 Å².